The SMILES string of the molecule is CC1(C2=NC(N3CCOCC3)NC(N3CCOCC3)=C2)CN=C(N)C=C1C(F)F. The van der Waals surface area contributed by atoms with Gasteiger partial charge in [-0.15, -0.1) is 0 Å². The summed E-state index contributed by atoms with van der Waals surface area (Å²) in [5, 5.41) is 3.48. The van der Waals surface area contributed by atoms with Crippen molar-refractivity contribution in [3.63, 3.8) is 0 Å². The zero-order valence-corrected chi connectivity index (χ0v) is 16.6. The Morgan fingerprint density at radius 3 is 2.45 bits per heavy atom. The number of nitrogens with one attached hydrogen (secondary N) is 1. The molecule has 10 heteroatoms. The second kappa shape index (κ2) is 8.37. The first-order valence-corrected chi connectivity index (χ1v) is 9.98. The van der Waals surface area contributed by atoms with E-state index in [2.05, 4.69) is 20.1 Å². The molecule has 2 atom stereocenters. The molecule has 2 saturated heterocycles. The maximum Gasteiger partial charge on any atom is 0.261 e. The minimum Gasteiger partial charge on any atom is -0.384 e. The molecule has 2 unspecified atom stereocenters. The Hall–Kier alpha value is -2.04. The summed E-state index contributed by atoms with van der Waals surface area (Å²) < 4.78 is 38.8. The quantitative estimate of drug-likeness (QED) is 0.697. The molecule has 0 bridgehead atoms. The molecule has 0 aromatic heterocycles. The third-order valence-electron chi connectivity index (χ3n) is 5.87. The van der Waals surface area contributed by atoms with Crippen LogP contribution in [0.15, 0.2) is 33.5 Å². The second-order valence-electron chi connectivity index (χ2n) is 7.78. The van der Waals surface area contributed by atoms with Crippen molar-refractivity contribution in [3.8, 4) is 0 Å². The van der Waals surface area contributed by atoms with Crippen molar-refractivity contribution in [2.45, 2.75) is 19.6 Å². The molecule has 0 aromatic carbocycles. The third-order valence-corrected chi connectivity index (χ3v) is 5.87. The van der Waals surface area contributed by atoms with E-state index >= 15 is 0 Å². The predicted octanol–water partition coefficient (Wildman–Crippen LogP) is 0.389. The monoisotopic (exact) mass is 410 g/mol. The molecule has 4 aliphatic heterocycles. The van der Waals surface area contributed by atoms with Crippen molar-refractivity contribution in [1.29, 1.82) is 0 Å². The fraction of sp³-hybridized carbons (Fsp3) is 0.684. The zero-order chi connectivity index (χ0) is 20.4. The highest BCUT2D eigenvalue weighted by Crippen LogP contribution is 2.38. The summed E-state index contributed by atoms with van der Waals surface area (Å²) in [4.78, 5) is 13.5. The van der Waals surface area contributed by atoms with Gasteiger partial charge in [0.15, 0.2) is 6.29 Å². The summed E-state index contributed by atoms with van der Waals surface area (Å²) in [6, 6.07) is 0. The highest BCUT2D eigenvalue weighted by molar-refractivity contribution is 6.05. The van der Waals surface area contributed by atoms with Gasteiger partial charge in [-0.05, 0) is 13.0 Å². The number of allylic oxidation sites excluding steroid dienone is 1. The van der Waals surface area contributed by atoms with Crippen molar-refractivity contribution in [3.05, 3.63) is 23.5 Å². The largest absolute Gasteiger partial charge is 0.384 e. The van der Waals surface area contributed by atoms with E-state index < -0.39 is 11.8 Å². The average molecular weight is 410 g/mol. The van der Waals surface area contributed by atoms with Crippen LogP contribution in [0.2, 0.25) is 0 Å². The number of ether oxygens (including phenoxy) is 2. The van der Waals surface area contributed by atoms with E-state index in [1.54, 1.807) is 6.92 Å². The molecule has 0 saturated carbocycles. The van der Waals surface area contributed by atoms with E-state index in [0.717, 1.165) is 32.0 Å². The molecule has 160 valence electrons. The van der Waals surface area contributed by atoms with Gasteiger partial charge in [0.1, 0.15) is 11.7 Å². The van der Waals surface area contributed by atoms with Crippen LogP contribution in [0.25, 0.3) is 0 Å². The summed E-state index contributed by atoms with van der Waals surface area (Å²) in [7, 11) is 0. The van der Waals surface area contributed by atoms with Crippen LogP contribution in [0.4, 0.5) is 8.78 Å². The van der Waals surface area contributed by atoms with E-state index in [4.69, 9.17) is 20.2 Å². The van der Waals surface area contributed by atoms with E-state index in [1.165, 1.54) is 6.08 Å². The van der Waals surface area contributed by atoms with Gasteiger partial charge in [0.2, 0.25) is 0 Å². The van der Waals surface area contributed by atoms with Crippen LogP contribution >= 0.6 is 0 Å². The van der Waals surface area contributed by atoms with Gasteiger partial charge in [-0.1, -0.05) is 0 Å². The summed E-state index contributed by atoms with van der Waals surface area (Å²) in [5.41, 5.74) is 5.27. The first kappa shape index (κ1) is 20.2. The number of alkyl halides is 2. The lowest BCUT2D eigenvalue weighted by Crippen LogP contribution is -2.55. The lowest BCUT2D eigenvalue weighted by molar-refractivity contribution is 0.00623. The minimum atomic E-state index is -2.63. The molecule has 8 nitrogen and oxygen atoms in total. The van der Waals surface area contributed by atoms with Gasteiger partial charge in [-0.2, -0.15) is 0 Å². The standard InChI is InChI=1S/C19H28F2N6O2/c1-19(12-23-15(22)10-13(19)17(20)21)14-11-16(26-2-6-28-7-3-26)25-18(24-14)27-4-8-29-9-5-27/h10-11,17-18,25H,2-9,12H2,1H3,(H2,22,23). The smallest absolute Gasteiger partial charge is 0.261 e. The summed E-state index contributed by atoms with van der Waals surface area (Å²) in [5.74, 6) is 1.02. The van der Waals surface area contributed by atoms with Gasteiger partial charge >= 0.3 is 0 Å². The summed E-state index contributed by atoms with van der Waals surface area (Å²) >= 11 is 0. The molecule has 29 heavy (non-hydrogen) atoms. The van der Waals surface area contributed by atoms with Crippen LogP contribution in [-0.2, 0) is 9.47 Å². The molecule has 0 aromatic rings. The molecule has 4 heterocycles. The summed E-state index contributed by atoms with van der Waals surface area (Å²) in [6.45, 7) is 7.37. The van der Waals surface area contributed by atoms with Gasteiger partial charge in [0.05, 0.1) is 44.1 Å². The van der Waals surface area contributed by atoms with E-state index in [1.807, 2.05) is 6.08 Å². The summed E-state index contributed by atoms with van der Waals surface area (Å²) in [6.07, 6.45) is 0.213. The van der Waals surface area contributed by atoms with Gasteiger partial charge in [0.25, 0.3) is 6.43 Å². The molecule has 0 aliphatic carbocycles. The molecule has 3 N–H and O–H groups in total. The van der Waals surface area contributed by atoms with Crippen LogP contribution < -0.4 is 11.1 Å². The first-order chi connectivity index (χ1) is 14.0. The van der Waals surface area contributed by atoms with E-state index in [0.29, 0.717) is 32.1 Å². The Labute approximate surface area is 169 Å². The van der Waals surface area contributed by atoms with Crippen molar-refractivity contribution < 1.29 is 18.3 Å². The highest BCUT2D eigenvalue weighted by atomic mass is 19.3. The molecule has 0 radical (unpaired) electrons. The number of hydrogen-bond donors (Lipinski definition) is 2. The number of halogens is 2. The van der Waals surface area contributed by atoms with Crippen LogP contribution in [0.1, 0.15) is 6.92 Å². The molecular weight excluding hydrogens is 382 g/mol. The number of nitrogens with zero attached hydrogens (tertiary/aromatic N) is 4. The average Bonchev–Trinajstić information content (AvgIpc) is 2.76. The number of nitrogens with two attached hydrogens (primary N) is 1. The van der Waals surface area contributed by atoms with Gasteiger partial charge in [0, 0.05) is 37.8 Å². The van der Waals surface area contributed by atoms with Gasteiger partial charge < -0.3 is 25.4 Å². The maximum atomic E-state index is 13.9. The number of aliphatic imine (C=N–C) groups is 2. The third kappa shape index (κ3) is 4.15. The number of hydrogen-bond acceptors (Lipinski definition) is 8. The fourth-order valence-corrected chi connectivity index (χ4v) is 4.03. The van der Waals surface area contributed by atoms with Crippen molar-refractivity contribution >= 4 is 11.5 Å². The van der Waals surface area contributed by atoms with Crippen LogP contribution in [0.3, 0.4) is 0 Å². The number of morpholine rings is 2. The Morgan fingerprint density at radius 1 is 1.14 bits per heavy atom. The van der Waals surface area contributed by atoms with Crippen molar-refractivity contribution in [2.75, 3.05) is 59.2 Å². The van der Waals surface area contributed by atoms with Crippen LogP contribution in [0.5, 0.6) is 0 Å². The Morgan fingerprint density at radius 2 is 1.79 bits per heavy atom. The van der Waals surface area contributed by atoms with Crippen molar-refractivity contribution in [1.82, 2.24) is 15.1 Å². The van der Waals surface area contributed by atoms with Crippen molar-refractivity contribution in [2.24, 2.45) is 21.1 Å². The van der Waals surface area contributed by atoms with E-state index in [9.17, 15) is 8.78 Å². The number of rotatable bonds is 4. The molecule has 0 amide bonds. The number of dihydropyridines is 1. The normalized spacial score (nSPS) is 31.6. The second-order valence-corrected chi connectivity index (χ2v) is 7.78. The Kier molecular flexibility index (Phi) is 5.84. The zero-order valence-electron chi connectivity index (χ0n) is 16.6. The molecule has 2 fully saturated rings. The first-order valence-electron chi connectivity index (χ1n) is 9.98. The Balaban J connectivity index is 1.69. The van der Waals surface area contributed by atoms with E-state index in [-0.39, 0.29) is 24.2 Å². The van der Waals surface area contributed by atoms with Gasteiger partial charge in [-0.25, -0.2) is 13.8 Å². The molecule has 4 aliphatic rings. The predicted molar refractivity (Wildman–Crippen MR) is 106 cm³/mol. The topological polar surface area (TPSA) is 87.7 Å². The maximum absolute atomic E-state index is 13.9. The fourth-order valence-electron chi connectivity index (χ4n) is 4.03. The van der Waals surface area contributed by atoms with Crippen LogP contribution in [-0.4, -0.2) is 93.2 Å². The molecule has 0 spiro atoms. The van der Waals surface area contributed by atoms with Gasteiger partial charge in [-0.3, -0.25) is 9.89 Å². The molecule has 4 rings (SSSR count). The highest BCUT2D eigenvalue weighted by Gasteiger charge is 2.42. The van der Waals surface area contributed by atoms with Crippen LogP contribution in [0, 0.1) is 5.41 Å². The minimum absolute atomic E-state index is 0.0380. The lowest BCUT2D eigenvalue weighted by atomic mass is 9.75. The lowest BCUT2D eigenvalue weighted by Gasteiger charge is -2.42. The Bertz CT molecular complexity index is 741. The number of amidine groups is 1. The molecular formula is C19H28F2N6O2.